The summed E-state index contributed by atoms with van der Waals surface area (Å²) in [6, 6.07) is 4.07. The zero-order valence-electron chi connectivity index (χ0n) is 8.36. The summed E-state index contributed by atoms with van der Waals surface area (Å²) >= 11 is 3.51. The number of aromatic nitrogens is 1. The molecule has 0 aliphatic carbocycles. The number of pyridine rings is 1. The molecule has 3 rings (SSSR count). The van der Waals surface area contributed by atoms with Gasteiger partial charge in [-0.3, -0.25) is 4.98 Å². The Hall–Kier alpha value is -1.49. The Labute approximate surface area is 102 Å². The Morgan fingerprint density at radius 1 is 1.38 bits per heavy atom. The standard InChI is InChI=1S/C11H9BrN4/c12-9-7-15-16-10(3-5-14-11(9)16)8-2-1-4-13-6-8/h1-7,9-10H. The first-order valence-corrected chi connectivity index (χ1v) is 5.89. The molecule has 3 heterocycles. The fraction of sp³-hybridized carbons (Fsp3) is 0.182. The smallest absolute Gasteiger partial charge is 0.145 e. The van der Waals surface area contributed by atoms with Crippen molar-refractivity contribution in [2.75, 3.05) is 0 Å². The normalized spacial score (nSPS) is 26.8. The van der Waals surface area contributed by atoms with Gasteiger partial charge in [0.1, 0.15) is 16.7 Å². The van der Waals surface area contributed by atoms with Crippen molar-refractivity contribution < 1.29 is 0 Å². The van der Waals surface area contributed by atoms with E-state index in [1.807, 2.05) is 41.8 Å². The number of hydrogen-bond donors (Lipinski definition) is 0. The number of hydrazone groups is 1. The summed E-state index contributed by atoms with van der Waals surface area (Å²) in [6.45, 7) is 0. The summed E-state index contributed by atoms with van der Waals surface area (Å²) in [5, 5.41) is 6.26. The number of alkyl halides is 1. The zero-order chi connectivity index (χ0) is 11.0. The Bertz CT molecular complexity index is 480. The first kappa shape index (κ1) is 9.72. The molecule has 0 spiro atoms. The van der Waals surface area contributed by atoms with Gasteiger partial charge in [-0.1, -0.05) is 22.0 Å². The molecule has 16 heavy (non-hydrogen) atoms. The SMILES string of the molecule is BrC1C=NN2C1=NC=CC2c1cccnc1. The van der Waals surface area contributed by atoms with Crippen molar-refractivity contribution in [3.63, 3.8) is 0 Å². The first-order chi connectivity index (χ1) is 7.86. The molecule has 2 atom stereocenters. The van der Waals surface area contributed by atoms with Crippen molar-refractivity contribution in [3.05, 3.63) is 42.4 Å². The predicted molar refractivity (Wildman–Crippen MR) is 66.6 cm³/mol. The molecule has 0 saturated heterocycles. The van der Waals surface area contributed by atoms with Crippen LogP contribution in [0.1, 0.15) is 11.6 Å². The summed E-state index contributed by atoms with van der Waals surface area (Å²) in [6.07, 6.45) is 9.31. The average molecular weight is 277 g/mol. The molecule has 1 aromatic heterocycles. The van der Waals surface area contributed by atoms with E-state index in [2.05, 4.69) is 31.0 Å². The number of rotatable bonds is 1. The minimum atomic E-state index is 0.0972. The van der Waals surface area contributed by atoms with Gasteiger partial charge in [-0.15, -0.1) is 0 Å². The second-order valence-corrected chi connectivity index (χ2v) is 4.56. The van der Waals surface area contributed by atoms with E-state index in [9.17, 15) is 0 Å². The number of amidine groups is 1. The predicted octanol–water partition coefficient (Wildman–Crippen LogP) is 2.11. The highest BCUT2D eigenvalue weighted by atomic mass is 79.9. The van der Waals surface area contributed by atoms with E-state index in [1.54, 1.807) is 6.20 Å². The number of nitrogens with zero attached hydrogens (tertiary/aromatic N) is 4. The van der Waals surface area contributed by atoms with Crippen LogP contribution in [0.4, 0.5) is 0 Å². The van der Waals surface area contributed by atoms with Gasteiger partial charge in [-0.05, 0) is 17.7 Å². The topological polar surface area (TPSA) is 40.9 Å². The van der Waals surface area contributed by atoms with Crippen LogP contribution < -0.4 is 0 Å². The van der Waals surface area contributed by atoms with E-state index in [1.165, 1.54) is 0 Å². The summed E-state index contributed by atoms with van der Waals surface area (Å²) < 4.78 is 0. The van der Waals surface area contributed by atoms with Gasteiger partial charge < -0.3 is 0 Å². The van der Waals surface area contributed by atoms with E-state index in [0.717, 1.165) is 11.4 Å². The molecule has 2 aliphatic rings. The van der Waals surface area contributed by atoms with E-state index in [4.69, 9.17) is 0 Å². The lowest BCUT2D eigenvalue weighted by molar-refractivity contribution is 0.388. The van der Waals surface area contributed by atoms with Gasteiger partial charge in [0.25, 0.3) is 0 Å². The zero-order valence-corrected chi connectivity index (χ0v) is 9.95. The van der Waals surface area contributed by atoms with Crippen LogP contribution in [0.3, 0.4) is 0 Å². The van der Waals surface area contributed by atoms with Crippen molar-refractivity contribution >= 4 is 28.0 Å². The molecular formula is C11H9BrN4. The minimum Gasteiger partial charge on any atom is -0.264 e. The third-order valence-corrected chi connectivity index (χ3v) is 3.21. The number of aliphatic imine (C=N–C) groups is 1. The van der Waals surface area contributed by atoms with Crippen molar-refractivity contribution in [2.24, 2.45) is 10.1 Å². The number of halogens is 1. The van der Waals surface area contributed by atoms with E-state index < -0.39 is 0 Å². The maximum absolute atomic E-state index is 4.35. The van der Waals surface area contributed by atoms with Gasteiger partial charge in [0.15, 0.2) is 0 Å². The molecule has 4 nitrogen and oxygen atoms in total. The molecule has 1 aromatic rings. The Balaban J connectivity index is 1.97. The van der Waals surface area contributed by atoms with Crippen LogP contribution in [-0.4, -0.2) is 26.9 Å². The highest BCUT2D eigenvalue weighted by Gasteiger charge is 2.31. The number of fused-ring (bicyclic) bond motifs is 1. The highest BCUT2D eigenvalue weighted by molar-refractivity contribution is 9.10. The lowest BCUT2D eigenvalue weighted by atomic mass is 10.1. The van der Waals surface area contributed by atoms with Gasteiger partial charge in [0.2, 0.25) is 0 Å². The Morgan fingerprint density at radius 3 is 3.12 bits per heavy atom. The summed E-state index contributed by atoms with van der Waals surface area (Å²) in [5.74, 6) is 0.927. The molecule has 80 valence electrons. The molecule has 0 fully saturated rings. The van der Waals surface area contributed by atoms with E-state index >= 15 is 0 Å². The third kappa shape index (κ3) is 1.48. The van der Waals surface area contributed by atoms with Crippen molar-refractivity contribution in [2.45, 2.75) is 10.9 Å². The molecule has 0 saturated carbocycles. The first-order valence-electron chi connectivity index (χ1n) is 4.98. The maximum Gasteiger partial charge on any atom is 0.145 e. The van der Waals surface area contributed by atoms with E-state index in [0.29, 0.717) is 0 Å². The van der Waals surface area contributed by atoms with Crippen LogP contribution in [0, 0.1) is 0 Å². The minimum absolute atomic E-state index is 0.0972. The van der Waals surface area contributed by atoms with Crippen LogP contribution in [0.15, 0.2) is 46.9 Å². The Morgan fingerprint density at radius 2 is 2.31 bits per heavy atom. The van der Waals surface area contributed by atoms with Crippen LogP contribution in [0.25, 0.3) is 0 Å². The van der Waals surface area contributed by atoms with Crippen molar-refractivity contribution in [3.8, 4) is 0 Å². The van der Waals surface area contributed by atoms with Crippen LogP contribution >= 0.6 is 15.9 Å². The summed E-state index contributed by atoms with van der Waals surface area (Å²) in [5.41, 5.74) is 1.12. The molecule has 0 amide bonds. The van der Waals surface area contributed by atoms with Gasteiger partial charge in [0, 0.05) is 24.8 Å². The van der Waals surface area contributed by atoms with Crippen LogP contribution in [0.5, 0.6) is 0 Å². The number of hydrogen-bond acceptors (Lipinski definition) is 4. The lowest BCUT2D eigenvalue weighted by Crippen LogP contribution is -2.31. The molecule has 2 unspecified atom stereocenters. The largest absolute Gasteiger partial charge is 0.264 e. The van der Waals surface area contributed by atoms with Crippen LogP contribution in [-0.2, 0) is 0 Å². The average Bonchev–Trinajstić information content (AvgIpc) is 2.73. The van der Waals surface area contributed by atoms with Crippen molar-refractivity contribution in [1.29, 1.82) is 0 Å². The van der Waals surface area contributed by atoms with Gasteiger partial charge in [-0.25, -0.2) is 10.0 Å². The third-order valence-electron chi connectivity index (χ3n) is 2.57. The molecular weight excluding hydrogens is 268 g/mol. The second kappa shape index (κ2) is 3.83. The molecule has 0 N–H and O–H groups in total. The summed E-state index contributed by atoms with van der Waals surface area (Å²) in [4.78, 5) is 8.56. The van der Waals surface area contributed by atoms with Gasteiger partial charge >= 0.3 is 0 Å². The van der Waals surface area contributed by atoms with Crippen molar-refractivity contribution in [1.82, 2.24) is 9.99 Å². The summed E-state index contributed by atoms with van der Waals surface area (Å²) in [7, 11) is 0. The molecule has 5 heteroatoms. The fourth-order valence-corrected chi connectivity index (χ4v) is 2.25. The van der Waals surface area contributed by atoms with Gasteiger partial charge in [-0.2, -0.15) is 5.10 Å². The highest BCUT2D eigenvalue weighted by Crippen LogP contribution is 2.29. The lowest BCUT2D eigenvalue weighted by Gasteiger charge is -2.27. The van der Waals surface area contributed by atoms with Crippen LogP contribution in [0.2, 0.25) is 0 Å². The fourth-order valence-electron chi connectivity index (χ4n) is 1.81. The Kier molecular flexibility index (Phi) is 2.32. The quantitative estimate of drug-likeness (QED) is 0.738. The second-order valence-electron chi connectivity index (χ2n) is 3.57. The molecule has 2 aliphatic heterocycles. The maximum atomic E-state index is 4.35. The molecule has 0 radical (unpaired) electrons. The molecule has 0 bridgehead atoms. The van der Waals surface area contributed by atoms with E-state index in [-0.39, 0.29) is 10.9 Å². The molecule has 0 aromatic carbocycles. The monoisotopic (exact) mass is 276 g/mol. The van der Waals surface area contributed by atoms with Gasteiger partial charge in [0.05, 0.1) is 0 Å².